The van der Waals surface area contributed by atoms with Crippen molar-refractivity contribution in [2.75, 3.05) is 26.7 Å². The van der Waals surface area contributed by atoms with Crippen molar-refractivity contribution in [3.8, 4) is 5.75 Å². The summed E-state index contributed by atoms with van der Waals surface area (Å²) in [6.45, 7) is 4.84. The molecule has 0 saturated carbocycles. The predicted molar refractivity (Wildman–Crippen MR) is 75.4 cm³/mol. The number of amides is 1. The maximum absolute atomic E-state index is 12.3. The van der Waals surface area contributed by atoms with Crippen LogP contribution in [0.25, 0.3) is 0 Å². The lowest BCUT2D eigenvalue weighted by Gasteiger charge is -2.29. The summed E-state index contributed by atoms with van der Waals surface area (Å²) >= 11 is 0. The average molecular weight is 262 g/mol. The summed E-state index contributed by atoms with van der Waals surface area (Å²) in [6.07, 6.45) is 1.72. The van der Waals surface area contributed by atoms with Gasteiger partial charge in [-0.3, -0.25) is 0 Å². The van der Waals surface area contributed by atoms with E-state index in [-0.39, 0.29) is 12.1 Å². The lowest BCUT2D eigenvalue weighted by atomic mass is 10.2. The molecule has 1 saturated heterocycles. The van der Waals surface area contributed by atoms with Gasteiger partial charge in [-0.15, -0.1) is 0 Å². The molecule has 1 heterocycles. The number of benzene rings is 1. The van der Waals surface area contributed by atoms with Gasteiger partial charge < -0.3 is 14.5 Å². The molecule has 1 atom stereocenters. The van der Waals surface area contributed by atoms with Gasteiger partial charge in [0.2, 0.25) is 0 Å². The lowest BCUT2D eigenvalue weighted by Crippen LogP contribution is -2.44. The van der Waals surface area contributed by atoms with Gasteiger partial charge >= 0.3 is 6.09 Å². The van der Waals surface area contributed by atoms with Gasteiger partial charge in [-0.2, -0.15) is 0 Å². The average Bonchev–Trinajstić information content (AvgIpc) is 2.61. The minimum Gasteiger partial charge on any atom is -0.410 e. The first kappa shape index (κ1) is 13.9. The van der Waals surface area contributed by atoms with Crippen molar-refractivity contribution in [1.29, 1.82) is 0 Å². The predicted octanol–water partition coefficient (Wildman–Crippen LogP) is 2.60. The van der Waals surface area contributed by atoms with Crippen molar-refractivity contribution in [3.63, 3.8) is 0 Å². The molecule has 0 N–H and O–H groups in total. The van der Waals surface area contributed by atoms with Crippen molar-refractivity contribution in [1.82, 2.24) is 9.80 Å². The molecule has 0 bridgehead atoms. The standard InChI is InChI=1S/C15H22N2O2/c1-3-13-12-16(2)10-7-11-17(13)15(18)19-14-8-5-4-6-9-14/h4-6,8-9,13H,3,7,10-12H2,1-2H3. The minimum atomic E-state index is -0.228. The Balaban J connectivity index is 2.03. The fourth-order valence-corrected chi connectivity index (χ4v) is 2.48. The highest BCUT2D eigenvalue weighted by Crippen LogP contribution is 2.16. The monoisotopic (exact) mass is 262 g/mol. The third-order valence-electron chi connectivity index (χ3n) is 3.56. The third kappa shape index (κ3) is 3.70. The first-order valence-corrected chi connectivity index (χ1v) is 6.92. The maximum Gasteiger partial charge on any atom is 0.415 e. The molecule has 2 rings (SSSR count). The van der Waals surface area contributed by atoms with Crippen LogP contribution in [-0.2, 0) is 0 Å². The Hall–Kier alpha value is -1.55. The molecule has 0 radical (unpaired) electrons. The fourth-order valence-electron chi connectivity index (χ4n) is 2.48. The molecular weight excluding hydrogens is 240 g/mol. The smallest absolute Gasteiger partial charge is 0.410 e. The second-order valence-electron chi connectivity index (χ2n) is 5.05. The molecule has 1 fully saturated rings. The van der Waals surface area contributed by atoms with Crippen molar-refractivity contribution in [2.24, 2.45) is 0 Å². The van der Waals surface area contributed by atoms with Crippen LogP contribution >= 0.6 is 0 Å². The molecule has 19 heavy (non-hydrogen) atoms. The van der Waals surface area contributed by atoms with Crippen molar-refractivity contribution in [3.05, 3.63) is 30.3 Å². The third-order valence-corrected chi connectivity index (χ3v) is 3.56. The molecular formula is C15H22N2O2. The molecule has 1 aliphatic rings. The molecule has 1 amide bonds. The number of carbonyl (C=O) groups excluding carboxylic acids is 1. The van der Waals surface area contributed by atoms with E-state index in [9.17, 15) is 4.79 Å². The minimum absolute atomic E-state index is 0.228. The van der Waals surface area contributed by atoms with Crippen LogP contribution in [0.2, 0.25) is 0 Å². The van der Waals surface area contributed by atoms with E-state index in [0.717, 1.165) is 32.5 Å². The van der Waals surface area contributed by atoms with Crippen LogP contribution < -0.4 is 4.74 Å². The topological polar surface area (TPSA) is 32.8 Å². The zero-order valence-corrected chi connectivity index (χ0v) is 11.7. The molecule has 1 unspecified atom stereocenters. The Morgan fingerprint density at radius 2 is 2.05 bits per heavy atom. The van der Waals surface area contributed by atoms with E-state index in [1.54, 1.807) is 0 Å². The van der Waals surface area contributed by atoms with E-state index in [4.69, 9.17) is 4.74 Å². The van der Waals surface area contributed by atoms with Crippen LogP contribution in [0.3, 0.4) is 0 Å². The number of hydrogen-bond donors (Lipinski definition) is 0. The van der Waals surface area contributed by atoms with Crippen LogP contribution in [0, 0.1) is 0 Å². The van der Waals surface area contributed by atoms with Crippen LogP contribution in [0.5, 0.6) is 5.75 Å². The summed E-state index contributed by atoms with van der Waals surface area (Å²) in [5.74, 6) is 0.611. The molecule has 4 heteroatoms. The summed E-state index contributed by atoms with van der Waals surface area (Å²) in [5, 5.41) is 0. The lowest BCUT2D eigenvalue weighted by molar-refractivity contribution is 0.129. The van der Waals surface area contributed by atoms with E-state index >= 15 is 0 Å². The molecule has 104 valence electrons. The summed E-state index contributed by atoms with van der Waals surface area (Å²) < 4.78 is 5.45. The molecule has 0 aromatic heterocycles. The molecule has 0 aliphatic carbocycles. The zero-order valence-electron chi connectivity index (χ0n) is 11.7. The molecule has 1 aromatic rings. The number of likely N-dealkylation sites (N-methyl/N-ethyl adjacent to an activating group) is 1. The Bertz CT molecular complexity index is 408. The van der Waals surface area contributed by atoms with Gasteiger partial charge in [0.05, 0.1) is 0 Å². The molecule has 1 aromatic carbocycles. The van der Waals surface area contributed by atoms with Crippen molar-refractivity contribution in [2.45, 2.75) is 25.8 Å². The molecule has 0 spiro atoms. The zero-order chi connectivity index (χ0) is 13.7. The Morgan fingerprint density at radius 1 is 1.32 bits per heavy atom. The van der Waals surface area contributed by atoms with Gasteiger partial charge in [0.15, 0.2) is 0 Å². The number of ether oxygens (including phenoxy) is 1. The molecule has 4 nitrogen and oxygen atoms in total. The summed E-state index contributed by atoms with van der Waals surface area (Å²) in [6, 6.07) is 9.51. The fraction of sp³-hybridized carbons (Fsp3) is 0.533. The number of nitrogens with zero attached hydrogens (tertiary/aromatic N) is 2. The largest absolute Gasteiger partial charge is 0.415 e. The number of para-hydroxylation sites is 1. The van der Waals surface area contributed by atoms with E-state index in [1.807, 2.05) is 35.2 Å². The Morgan fingerprint density at radius 3 is 2.74 bits per heavy atom. The first-order valence-electron chi connectivity index (χ1n) is 6.92. The van der Waals surface area contributed by atoms with Crippen LogP contribution in [0.1, 0.15) is 19.8 Å². The van der Waals surface area contributed by atoms with Crippen molar-refractivity contribution >= 4 is 6.09 Å². The number of carbonyl (C=O) groups is 1. The van der Waals surface area contributed by atoms with E-state index in [2.05, 4.69) is 18.9 Å². The summed E-state index contributed by atoms with van der Waals surface area (Å²) in [5.41, 5.74) is 0. The van der Waals surface area contributed by atoms with Gasteiger partial charge in [-0.1, -0.05) is 25.1 Å². The number of hydrogen-bond acceptors (Lipinski definition) is 3. The van der Waals surface area contributed by atoms with Gasteiger partial charge in [0.1, 0.15) is 5.75 Å². The van der Waals surface area contributed by atoms with Gasteiger partial charge in [-0.05, 0) is 38.6 Å². The second kappa shape index (κ2) is 6.57. The van der Waals surface area contributed by atoms with Gasteiger partial charge in [0.25, 0.3) is 0 Å². The van der Waals surface area contributed by atoms with Gasteiger partial charge in [0, 0.05) is 19.1 Å². The maximum atomic E-state index is 12.3. The Labute approximate surface area is 115 Å². The summed E-state index contributed by atoms with van der Waals surface area (Å²) in [4.78, 5) is 16.4. The van der Waals surface area contributed by atoms with E-state index < -0.39 is 0 Å². The van der Waals surface area contributed by atoms with Crippen LogP contribution in [0.4, 0.5) is 4.79 Å². The number of rotatable bonds is 2. The van der Waals surface area contributed by atoms with Crippen LogP contribution in [0.15, 0.2) is 30.3 Å². The quantitative estimate of drug-likeness (QED) is 0.821. The van der Waals surface area contributed by atoms with Crippen LogP contribution in [-0.4, -0.2) is 48.6 Å². The highest BCUT2D eigenvalue weighted by Gasteiger charge is 2.27. The highest BCUT2D eigenvalue weighted by atomic mass is 16.6. The molecule has 1 aliphatic heterocycles. The second-order valence-corrected chi connectivity index (χ2v) is 5.05. The SMILES string of the molecule is CCC1CN(C)CCCN1C(=O)Oc1ccccc1. The van der Waals surface area contributed by atoms with Crippen molar-refractivity contribution < 1.29 is 9.53 Å². The highest BCUT2D eigenvalue weighted by molar-refractivity contribution is 5.71. The van der Waals surface area contributed by atoms with E-state index in [0.29, 0.717) is 5.75 Å². The summed E-state index contributed by atoms with van der Waals surface area (Å²) in [7, 11) is 2.11. The first-order chi connectivity index (χ1) is 9.20. The Kier molecular flexibility index (Phi) is 4.80. The normalized spacial score (nSPS) is 20.9. The van der Waals surface area contributed by atoms with Gasteiger partial charge in [-0.25, -0.2) is 4.79 Å². The van der Waals surface area contributed by atoms with E-state index in [1.165, 1.54) is 0 Å².